The predicted molar refractivity (Wildman–Crippen MR) is 98.2 cm³/mol. The van der Waals surface area contributed by atoms with Gasteiger partial charge in [-0.2, -0.15) is 0 Å². The van der Waals surface area contributed by atoms with Crippen molar-refractivity contribution >= 4 is 17.1 Å². The van der Waals surface area contributed by atoms with Crippen molar-refractivity contribution in [3.8, 4) is 5.69 Å². The SMILES string of the molecule is CCc1nc2c(C)cc(C)nc2n1-c1ccc(CC(=O)OC)c(C)c1. The minimum Gasteiger partial charge on any atom is -0.469 e. The molecule has 0 aliphatic carbocycles. The van der Waals surface area contributed by atoms with Gasteiger partial charge in [0.15, 0.2) is 5.65 Å². The molecule has 3 rings (SSSR count). The first-order valence-electron chi connectivity index (χ1n) is 8.46. The number of aryl methyl sites for hydroxylation is 4. The fourth-order valence-corrected chi connectivity index (χ4v) is 3.16. The fourth-order valence-electron chi connectivity index (χ4n) is 3.16. The molecule has 5 heteroatoms. The number of benzene rings is 1. The Balaban J connectivity index is 2.16. The summed E-state index contributed by atoms with van der Waals surface area (Å²) in [6.07, 6.45) is 1.10. The maximum absolute atomic E-state index is 11.5. The van der Waals surface area contributed by atoms with Gasteiger partial charge in [-0.25, -0.2) is 9.97 Å². The molecule has 0 aliphatic heterocycles. The van der Waals surface area contributed by atoms with E-state index in [0.717, 1.165) is 51.5 Å². The number of carbonyl (C=O) groups is 1. The summed E-state index contributed by atoms with van der Waals surface area (Å²) in [5.74, 6) is 0.752. The number of rotatable bonds is 4. The van der Waals surface area contributed by atoms with E-state index in [1.807, 2.05) is 26.0 Å². The molecule has 0 amide bonds. The maximum atomic E-state index is 11.5. The van der Waals surface area contributed by atoms with E-state index in [9.17, 15) is 4.79 Å². The Morgan fingerprint density at radius 2 is 1.88 bits per heavy atom. The first-order chi connectivity index (χ1) is 11.9. The zero-order valence-corrected chi connectivity index (χ0v) is 15.4. The molecule has 2 aromatic heterocycles. The van der Waals surface area contributed by atoms with Gasteiger partial charge in [0.05, 0.1) is 13.5 Å². The van der Waals surface area contributed by atoms with Gasteiger partial charge in [0.1, 0.15) is 11.3 Å². The van der Waals surface area contributed by atoms with Gasteiger partial charge >= 0.3 is 5.97 Å². The van der Waals surface area contributed by atoms with Gasteiger partial charge in [-0.05, 0) is 55.7 Å². The minimum atomic E-state index is -0.230. The van der Waals surface area contributed by atoms with Gasteiger partial charge < -0.3 is 4.74 Å². The average molecular weight is 337 g/mol. The van der Waals surface area contributed by atoms with Crippen molar-refractivity contribution in [3.63, 3.8) is 0 Å². The van der Waals surface area contributed by atoms with E-state index in [2.05, 4.69) is 30.5 Å². The van der Waals surface area contributed by atoms with Crippen LogP contribution in [0.15, 0.2) is 24.3 Å². The zero-order chi connectivity index (χ0) is 18.1. The molecule has 0 N–H and O–H groups in total. The molecule has 0 saturated carbocycles. The average Bonchev–Trinajstić information content (AvgIpc) is 2.95. The second kappa shape index (κ2) is 6.67. The normalized spacial score (nSPS) is 11.1. The van der Waals surface area contributed by atoms with E-state index in [1.165, 1.54) is 7.11 Å². The van der Waals surface area contributed by atoms with Crippen molar-refractivity contribution in [1.29, 1.82) is 0 Å². The van der Waals surface area contributed by atoms with Gasteiger partial charge in [-0.15, -0.1) is 0 Å². The summed E-state index contributed by atoms with van der Waals surface area (Å²) in [6, 6.07) is 8.14. The first-order valence-corrected chi connectivity index (χ1v) is 8.46. The van der Waals surface area contributed by atoms with Crippen LogP contribution < -0.4 is 0 Å². The number of ether oxygens (including phenoxy) is 1. The Morgan fingerprint density at radius 3 is 2.52 bits per heavy atom. The summed E-state index contributed by atoms with van der Waals surface area (Å²) in [7, 11) is 1.41. The van der Waals surface area contributed by atoms with Crippen molar-refractivity contribution in [2.75, 3.05) is 7.11 Å². The molecule has 2 heterocycles. The van der Waals surface area contributed by atoms with Crippen LogP contribution in [-0.2, 0) is 22.4 Å². The van der Waals surface area contributed by atoms with E-state index >= 15 is 0 Å². The van der Waals surface area contributed by atoms with Crippen LogP contribution >= 0.6 is 0 Å². The lowest BCUT2D eigenvalue weighted by Crippen LogP contribution is -2.07. The summed E-state index contributed by atoms with van der Waals surface area (Å²) in [5, 5.41) is 0. The smallest absolute Gasteiger partial charge is 0.309 e. The molecule has 25 heavy (non-hydrogen) atoms. The molecule has 0 radical (unpaired) electrons. The van der Waals surface area contributed by atoms with Crippen LogP contribution in [0, 0.1) is 20.8 Å². The summed E-state index contributed by atoms with van der Waals surface area (Å²) < 4.78 is 6.88. The molecule has 0 atom stereocenters. The fraction of sp³-hybridized carbons (Fsp3) is 0.350. The third kappa shape index (κ3) is 3.14. The number of imidazole rings is 1. The Morgan fingerprint density at radius 1 is 1.12 bits per heavy atom. The van der Waals surface area contributed by atoms with Crippen LogP contribution in [0.1, 0.15) is 35.1 Å². The second-order valence-electron chi connectivity index (χ2n) is 6.33. The lowest BCUT2D eigenvalue weighted by molar-refractivity contribution is -0.139. The molecular formula is C20H23N3O2. The van der Waals surface area contributed by atoms with Crippen LogP contribution in [0.2, 0.25) is 0 Å². The van der Waals surface area contributed by atoms with Crippen molar-refractivity contribution in [2.45, 2.75) is 40.5 Å². The van der Waals surface area contributed by atoms with E-state index in [-0.39, 0.29) is 12.4 Å². The van der Waals surface area contributed by atoms with E-state index in [1.54, 1.807) is 0 Å². The van der Waals surface area contributed by atoms with Gasteiger partial charge in [-0.1, -0.05) is 13.0 Å². The summed E-state index contributed by atoms with van der Waals surface area (Å²) in [6.45, 7) is 8.17. The summed E-state index contributed by atoms with van der Waals surface area (Å²) >= 11 is 0. The molecule has 5 nitrogen and oxygen atoms in total. The Labute approximate surface area is 147 Å². The molecule has 0 spiro atoms. The van der Waals surface area contributed by atoms with Crippen molar-refractivity contribution in [3.05, 3.63) is 52.5 Å². The molecule has 0 fully saturated rings. The molecule has 0 unspecified atom stereocenters. The number of esters is 1. The van der Waals surface area contributed by atoms with Gasteiger partial charge in [0, 0.05) is 17.8 Å². The van der Waals surface area contributed by atoms with Gasteiger partial charge in [-0.3, -0.25) is 9.36 Å². The predicted octanol–water partition coefficient (Wildman–Crippen LogP) is 3.62. The number of methoxy groups -OCH3 is 1. The maximum Gasteiger partial charge on any atom is 0.309 e. The standard InChI is InChI=1S/C20H23N3O2/c1-6-17-22-19-13(3)9-14(4)21-20(19)23(17)16-8-7-15(12(2)10-16)11-18(24)25-5/h7-10H,6,11H2,1-5H3. The molecule has 130 valence electrons. The van der Waals surface area contributed by atoms with Gasteiger partial charge in [0.2, 0.25) is 0 Å². The van der Waals surface area contributed by atoms with Crippen LogP contribution in [0.25, 0.3) is 16.9 Å². The van der Waals surface area contributed by atoms with E-state index in [4.69, 9.17) is 14.7 Å². The van der Waals surface area contributed by atoms with Crippen molar-refractivity contribution in [2.24, 2.45) is 0 Å². The van der Waals surface area contributed by atoms with Gasteiger partial charge in [0.25, 0.3) is 0 Å². The number of hydrogen-bond donors (Lipinski definition) is 0. The monoisotopic (exact) mass is 337 g/mol. The number of nitrogens with zero attached hydrogens (tertiary/aromatic N) is 3. The zero-order valence-electron chi connectivity index (χ0n) is 15.4. The third-order valence-corrected chi connectivity index (χ3v) is 4.47. The second-order valence-corrected chi connectivity index (χ2v) is 6.33. The van der Waals surface area contributed by atoms with Crippen molar-refractivity contribution in [1.82, 2.24) is 14.5 Å². The first kappa shape index (κ1) is 17.1. The highest BCUT2D eigenvalue weighted by atomic mass is 16.5. The summed E-state index contributed by atoms with van der Waals surface area (Å²) in [5.41, 5.74) is 6.98. The highest BCUT2D eigenvalue weighted by Gasteiger charge is 2.16. The molecule has 0 saturated heterocycles. The summed E-state index contributed by atoms with van der Waals surface area (Å²) in [4.78, 5) is 21.1. The highest BCUT2D eigenvalue weighted by molar-refractivity contribution is 5.78. The lowest BCUT2D eigenvalue weighted by atomic mass is 10.0. The van der Waals surface area contributed by atoms with Crippen LogP contribution in [0.5, 0.6) is 0 Å². The largest absolute Gasteiger partial charge is 0.469 e. The quantitative estimate of drug-likeness (QED) is 0.682. The van der Waals surface area contributed by atoms with Crippen LogP contribution in [0.4, 0.5) is 0 Å². The Bertz CT molecular complexity index is 957. The number of pyridine rings is 1. The molecule has 0 aliphatic rings. The number of carbonyl (C=O) groups excluding carboxylic acids is 1. The molecule has 0 bridgehead atoms. The molecule has 1 aromatic carbocycles. The number of fused-ring (bicyclic) bond motifs is 1. The molecule has 3 aromatic rings. The highest BCUT2D eigenvalue weighted by Crippen LogP contribution is 2.25. The Hall–Kier alpha value is -2.69. The Kier molecular flexibility index (Phi) is 4.57. The minimum absolute atomic E-state index is 0.230. The van der Waals surface area contributed by atoms with Crippen molar-refractivity contribution < 1.29 is 9.53 Å². The number of aromatic nitrogens is 3. The third-order valence-electron chi connectivity index (χ3n) is 4.47. The van der Waals surface area contributed by atoms with E-state index in [0.29, 0.717) is 0 Å². The lowest BCUT2D eigenvalue weighted by Gasteiger charge is -2.12. The van der Waals surface area contributed by atoms with Crippen LogP contribution in [0.3, 0.4) is 0 Å². The topological polar surface area (TPSA) is 57.0 Å². The molecular weight excluding hydrogens is 314 g/mol. The van der Waals surface area contributed by atoms with Crippen LogP contribution in [-0.4, -0.2) is 27.6 Å². The number of hydrogen-bond acceptors (Lipinski definition) is 4. The van der Waals surface area contributed by atoms with E-state index < -0.39 is 0 Å².